The molecule has 0 aliphatic rings. The average molecular weight is 247 g/mol. The normalized spacial score (nSPS) is 9.22. The fraction of sp³-hybridized carbons (Fsp3) is 0.250. The molecule has 1 amide bonds. The Morgan fingerprint density at radius 3 is 2.44 bits per heavy atom. The molecule has 0 atom stereocenters. The SMILES string of the molecule is CCOC(=O)C(=[N+]=[N-])C(=O)N(C)c1ccccc1. The van der Waals surface area contributed by atoms with Gasteiger partial charge in [-0.3, -0.25) is 4.79 Å². The standard InChI is InChI=1S/C12H13N3O3/c1-3-18-12(17)10(14-13)11(16)15(2)9-7-5-4-6-8-9/h4-8H,3H2,1-2H3. The van der Waals surface area contributed by atoms with Gasteiger partial charge in [-0.15, -0.1) is 0 Å². The van der Waals surface area contributed by atoms with Gasteiger partial charge in [0.25, 0.3) is 0 Å². The summed E-state index contributed by atoms with van der Waals surface area (Å²) < 4.78 is 4.62. The van der Waals surface area contributed by atoms with Crippen molar-refractivity contribution < 1.29 is 19.1 Å². The van der Waals surface area contributed by atoms with Gasteiger partial charge in [-0.2, -0.15) is 4.79 Å². The lowest BCUT2D eigenvalue weighted by molar-refractivity contribution is -0.141. The van der Waals surface area contributed by atoms with Gasteiger partial charge in [0.2, 0.25) is 0 Å². The highest BCUT2D eigenvalue weighted by atomic mass is 16.5. The molecular weight excluding hydrogens is 234 g/mol. The lowest BCUT2D eigenvalue weighted by atomic mass is 10.2. The van der Waals surface area contributed by atoms with Crippen LogP contribution >= 0.6 is 0 Å². The van der Waals surface area contributed by atoms with Crippen molar-refractivity contribution in [1.29, 1.82) is 0 Å². The third-order valence-electron chi connectivity index (χ3n) is 2.22. The Morgan fingerprint density at radius 2 is 1.94 bits per heavy atom. The molecule has 1 aromatic carbocycles. The van der Waals surface area contributed by atoms with Crippen LogP contribution in [0.2, 0.25) is 0 Å². The van der Waals surface area contributed by atoms with Crippen molar-refractivity contribution in [3.8, 4) is 0 Å². The van der Waals surface area contributed by atoms with Gasteiger partial charge in [0.05, 0.1) is 6.61 Å². The summed E-state index contributed by atoms with van der Waals surface area (Å²) >= 11 is 0. The predicted octanol–water partition coefficient (Wildman–Crippen LogP) is 0.883. The summed E-state index contributed by atoms with van der Waals surface area (Å²) in [6.07, 6.45) is 0. The molecule has 6 nitrogen and oxygen atoms in total. The molecule has 0 unspecified atom stereocenters. The van der Waals surface area contributed by atoms with E-state index in [4.69, 9.17) is 5.53 Å². The van der Waals surface area contributed by atoms with Crippen LogP contribution in [0.25, 0.3) is 5.53 Å². The number of benzene rings is 1. The average Bonchev–Trinajstić information content (AvgIpc) is 2.40. The largest absolute Gasteiger partial charge is 0.463 e. The number of hydrogen-bond acceptors (Lipinski definition) is 3. The van der Waals surface area contributed by atoms with Crippen LogP contribution in [0.1, 0.15) is 6.92 Å². The monoisotopic (exact) mass is 247 g/mol. The number of para-hydroxylation sites is 1. The topological polar surface area (TPSA) is 83.0 Å². The Morgan fingerprint density at radius 1 is 1.33 bits per heavy atom. The number of esters is 1. The number of carbonyl (C=O) groups is 2. The molecule has 0 fully saturated rings. The highest BCUT2D eigenvalue weighted by Crippen LogP contribution is 2.11. The van der Waals surface area contributed by atoms with Crippen LogP contribution in [0.5, 0.6) is 0 Å². The molecule has 0 radical (unpaired) electrons. The first-order chi connectivity index (χ1) is 8.61. The van der Waals surface area contributed by atoms with Gasteiger partial charge in [0, 0.05) is 12.7 Å². The minimum Gasteiger partial charge on any atom is -0.457 e. The molecule has 0 bridgehead atoms. The van der Waals surface area contributed by atoms with Crippen molar-refractivity contribution >= 4 is 23.3 Å². The summed E-state index contributed by atoms with van der Waals surface area (Å²) in [6.45, 7) is 1.69. The molecule has 1 aromatic rings. The quantitative estimate of drug-likeness (QED) is 0.260. The van der Waals surface area contributed by atoms with Crippen LogP contribution in [0.4, 0.5) is 5.69 Å². The maximum atomic E-state index is 11.9. The molecular formula is C12H13N3O3. The molecule has 94 valence electrons. The van der Waals surface area contributed by atoms with Gasteiger partial charge < -0.3 is 15.2 Å². The van der Waals surface area contributed by atoms with Crippen molar-refractivity contribution in [1.82, 2.24) is 0 Å². The maximum Gasteiger partial charge on any atom is 0.463 e. The Labute approximate surface area is 104 Å². The Bertz CT molecular complexity index is 493. The number of nitrogens with zero attached hydrogens (tertiary/aromatic N) is 3. The van der Waals surface area contributed by atoms with E-state index in [1.165, 1.54) is 11.9 Å². The van der Waals surface area contributed by atoms with E-state index >= 15 is 0 Å². The lowest BCUT2D eigenvalue weighted by Gasteiger charge is -2.13. The van der Waals surface area contributed by atoms with E-state index in [9.17, 15) is 9.59 Å². The summed E-state index contributed by atoms with van der Waals surface area (Å²) in [7, 11) is 1.47. The minimum atomic E-state index is -0.951. The van der Waals surface area contributed by atoms with Crippen molar-refractivity contribution in [3.05, 3.63) is 35.9 Å². The van der Waals surface area contributed by atoms with Crippen LogP contribution in [-0.2, 0) is 14.3 Å². The first kappa shape index (κ1) is 13.6. The molecule has 0 saturated heterocycles. The van der Waals surface area contributed by atoms with Gasteiger partial charge in [-0.1, -0.05) is 18.2 Å². The van der Waals surface area contributed by atoms with Gasteiger partial charge in [0.1, 0.15) is 0 Å². The fourth-order valence-electron chi connectivity index (χ4n) is 1.30. The molecule has 0 N–H and O–H groups in total. The van der Waals surface area contributed by atoms with Gasteiger partial charge in [-0.25, -0.2) is 4.79 Å². The van der Waals surface area contributed by atoms with E-state index in [2.05, 4.69) is 9.53 Å². The number of hydrogen-bond donors (Lipinski definition) is 0. The molecule has 0 aromatic heterocycles. The Hall–Kier alpha value is -2.46. The Balaban J connectivity index is 2.93. The van der Waals surface area contributed by atoms with E-state index < -0.39 is 17.6 Å². The van der Waals surface area contributed by atoms with Gasteiger partial charge in [-0.05, 0) is 19.1 Å². The number of amides is 1. The zero-order valence-corrected chi connectivity index (χ0v) is 10.2. The van der Waals surface area contributed by atoms with Crippen molar-refractivity contribution in [2.75, 3.05) is 18.6 Å². The first-order valence-electron chi connectivity index (χ1n) is 5.34. The maximum absolute atomic E-state index is 11.9. The molecule has 1 rings (SSSR count). The highest BCUT2D eigenvalue weighted by Gasteiger charge is 2.34. The molecule has 18 heavy (non-hydrogen) atoms. The number of ether oxygens (including phenoxy) is 1. The van der Waals surface area contributed by atoms with E-state index in [0.29, 0.717) is 5.69 Å². The molecule has 0 spiro atoms. The molecule has 6 heteroatoms. The lowest BCUT2D eigenvalue weighted by Crippen LogP contribution is -2.39. The molecule has 0 saturated carbocycles. The van der Waals surface area contributed by atoms with Crippen molar-refractivity contribution in [3.63, 3.8) is 0 Å². The molecule has 0 aliphatic heterocycles. The number of rotatable bonds is 4. The molecule has 0 heterocycles. The third kappa shape index (κ3) is 3.02. The number of carbonyl (C=O) groups excluding carboxylic acids is 2. The summed E-state index contributed by atoms with van der Waals surface area (Å²) in [4.78, 5) is 27.2. The summed E-state index contributed by atoms with van der Waals surface area (Å²) in [6, 6.07) is 8.68. The summed E-state index contributed by atoms with van der Waals surface area (Å²) in [5.41, 5.74) is 8.66. The van der Waals surface area contributed by atoms with Crippen molar-refractivity contribution in [2.45, 2.75) is 6.92 Å². The van der Waals surface area contributed by atoms with Crippen LogP contribution < -0.4 is 4.90 Å². The highest BCUT2D eigenvalue weighted by molar-refractivity contribution is 6.64. The van der Waals surface area contributed by atoms with Crippen LogP contribution in [0.3, 0.4) is 0 Å². The van der Waals surface area contributed by atoms with Gasteiger partial charge >= 0.3 is 17.6 Å². The second-order valence-electron chi connectivity index (χ2n) is 3.37. The first-order valence-corrected chi connectivity index (χ1v) is 5.34. The fourth-order valence-corrected chi connectivity index (χ4v) is 1.30. The van der Waals surface area contributed by atoms with Crippen molar-refractivity contribution in [2.24, 2.45) is 0 Å². The van der Waals surface area contributed by atoms with Crippen LogP contribution in [0, 0.1) is 0 Å². The predicted molar refractivity (Wildman–Crippen MR) is 65.1 cm³/mol. The zero-order chi connectivity index (χ0) is 13.5. The zero-order valence-electron chi connectivity index (χ0n) is 10.2. The Kier molecular flexibility index (Phi) is 4.78. The van der Waals surface area contributed by atoms with E-state index in [0.717, 1.165) is 0 Å². The smallest absolute Gasteiger partial charge is 0.457 e. The summed E-state index contributed by atoms with van der Waals surface area (Å²) in [5.74, 6) is -1.69. The minimum absolute atomic E-state index is 0.0974. The molecule has 0 aliphatic carbocycles. The van der Waals surface area contributed by atoms with E-state index in [1.54, 1.807) is 37.3 Å². The third-order valence-corrected chi connectivity index (χ3v) is 2.22. The van der Waals surface area contributed by atoms with E-state index in [-0.39, 0.29) is 6.61 Å². The summed E-state index contributed by atoms with van der Waals surface area (Å²) in [5, 5.41) is 0. The second-order valence-corrected chi connectivity index (χ2v) is 3.37. The van der Waals surface area contributed by atoms with Crippen LogP contribution in [0.15, 0.2) is 30.3 Å². The number of anilines is 1. The second kappa shape index (κ2) is 6.32. The van der Waals surface area contributed by atoms with E-state index in [1.807, 2.05) is 0 Å². The van der Waals surface area contributed by atoms with Crippen LogP contribution in [-0.4, -0.2) is 36.0 Å². The van der Waals surface area contributed by atoms with Gasteiger partial charge in [0.15, 0.2) is 0 Å².